The maximum absolute atomic E-state index is 13.2. The predicted molar refractivity (Wildman–Crippen MR) is 90.0 cm³/mol. The topological polar surface area (TPSA) is 89.8 Å². The number of piperidine rings is 1. The Kier molecular flexibility index (Phi) is 2.14. The van der Waals surface area contributed by atoms with E-state index in [1.54, 1.807) is 0 Å². The zero-order valence-electron chi connectivity index (χ0n) is 13.6. The molecule has 2 aliphatic carbocycles. The summed E-state index contributed by atoms with van der Waals surface area (Å²) in [6.45, 7) is 0.979. The second-order valence-corrected chi connectivity index (χ2v) is 10.1. The number of aliphatic hydroxyl groups excluding tert-OH is 1. The first-order valence-electron chi connectivity index (χ1n) is 9.22. The molecule has 7 atom stereocenters. The molecule has 0 aromatic carbocycles. The highest BCUT2D eigenvalue weighted by molar-refractivity contribution is 8.01. The highest BCUT2D eigenvalue weighted by Gasteiger charge is 2.74. The van der Waals surface area contributed by atoms with Crippen LogP contribution in [0.5, 0.6) is 0 Å². The molecule has 5 heterocycles. The van der Waals surface area contributed by atoms with E-state index in [0.717, 1.165) is 48.3 Å². The number of ketones is 1. The quantitative estimate of drug-likeness (QED) is 0.420. The van der Waals surface area contributed by atoms with Crippen LogP contribution in [0, 0.1) is 5.41 Å². The summed E-state index contributed by atoms with van der Waals surface area (Å²) in [5, 5.41) is 26.0. The van der Waals surface area contributed by atoms with Crippen molar-refractivity contribution in [1.82, 2.24) is 10.3 Å². The lowest BCUT2D eigenvalue weighted by molar-refractivity contribution is -0.964. The van der Waals surface area contributed by atoms with Gasteiger partial charge >= 0.3 is 0 Å². The Bertz CT molecular complexity index is 909. The average Bonchev–Trinajstić information content (AvgIpc) is 3.09. The number of H-pyrrole nitrogens is 1. The van der Waals surface area contributed by atoms with Gasteiger partial charge in [0.2, 0.25) is 5.78 Å². The van der Waals surface area contributed by atoms with E-state index in [4.69, 9.17) is 0 Å². The molecule has 2 saturated heterocycles. The van der Waals surface area contributed by atoms with Crippen LogP contribution < -0.4 is 10.2 Å². The first kappa shape index (κ1) is 13.9. The Balaban J connectivity index is 1.59. The molecule has 6 nitrogen and oxygen atoms in total. The number of aromatic amines is 1. The van der Waals surface area contributed by atoms with Gasteiger partial charge in [-0.15, -0.1) is 11.8 Å². The van der Waals surface area contributed by atoms with Gasteiger partial charge in [-0.3, -0.25) is 4.79 Å². The number of rotatable bonds is 0. The van der Waals surface area contributed by atoms with E-state index in [9.17, 15) is 15.0 Å². The lowest BCUT2D eigenvalue weighted by atomic mass is 9.54. The molecule has 5 N–H and O–H groups in total. The second-order valence-electron chi connectivity index (χ2n) is 8.63. The Labute approximate surface area is 148 Å². The summed E-state index contributed by atoms with van der Waals surface area (Å²) in [5.74, 6) is 0.0623. The van der Waals surface area contributed by atoms with Gasteiger partial charge in [-0.05, 0) is 12.0 Å². The van der Waals surface area contributed by atoms with Crippen LogP contribution in [0.15, 0.2) is 17.5 Å². The van der Waals surface area contributed by atoms with Crippen molar-refractivity contribution in [3.8, 4) is 0 Å². The van der Waals surface area contributed by atoms with Crippen LogP contribution >= 0.6 is 11.8 Å². The van der Waals surface area contributed by atoms with Gasteiger partial charge in [-0.25, -0.2) is 0 Å². The zero-order chi connectivity index (χ0) is 16.7. The summed E-state index contributed by atoms with van der Waals surface area (Å²) in [4.78, 5) is 16.9. The molecule has 1 aromatic heterocycles. The van der Waals surface area contributed by atoms with Crippen LogP contribution in [0.3, 0.4) is 0 Å². The summed E-state index contributed by atoms with van der Waals surface area (Å²) in [6, 6.07) is 0.252. The molecule has 6 aliphatic rings. The second kappa shape index (κ2) is 3.86. The molecule has 2 unspecified atom stereocenters. The van der Waals surface area contributed by atoms with E-state index >= 15 is 0 Å². The standard InChI is InChI=1S/C18H19N3O3S/c22-9-4-18(24)17-3-8(9)21-2-1-7-6-19-13-11(7)15(21)12(17)14(16(13)23)20-10(5-17)25-18/h6,8-10,15,19-20,22,24H,1-5H2/p+1/t8-,9+,10-,15?,17+,18-/m0/s1. The number of nitrogens with one attached hydrogen (secondary N) is 3. The SMILES string of the molecule is O=C1C2=C3C4c5c(c[nH]c51)CC[NH+]4[C@H]1C[C@@]34C[C@@H](N2)S[C@@]4(O)C[C@H]1O. The third-order valence-corrected chi connectivity index (χ3v) is 9.31. The number of aromatic nitrogens is 1. The fourth-order valence-corrected chi connectivity index (χ4v) is 8.71. The zero-order valence-corrected chi connectivity index (χ0v) is 14.4. The Morgan fingerprint density at radius 3 is 3.08 bits per heavy atom. The highest BCUT2D eigenvalue weighted by atomic mass is 32.2. The maximum atomic E-state index is 13.2. The van der Waals surface area contributed by atoms with Crippen molar-refractivity contribution in [2.45, 2.75) is 54.2 Å². The van der Waals surface area contributed by atoms with Crippen LogP contribution in [0.2, 0.25) is 0 Å². The minimum Gasteiger partial charge on any atom is -0.387 e. The van der Waals surface area contributed by atoms with Crippen LogP contribution in [0.25, 0.3) is 0 Å². The fraction of sp³-hybridized carbons (Fsp3) is 0.611. The van der Waals surface area contributed by atoms with Crippen molar-refractivity contribution in [1.29, 1.82) is 0 Å². The lowest BCUT2D eigenvalue weighted by Crippen LogP contribution is -3.20. The number of Topliss-reactive ketones (excluding diaryl/α,β-unsaturated/α-hetero) is 1. The molecule has 1 spiro atoms. The summed E-state index contributed by atoms with van der Waals surface area (Å²) in [6.07, 6.45) is 4.53. The van der Waals surface area contributed by atoms with Gasteiger partial charge in [-0.2, -0.15) is 0 Å². The number of hydrogen-bond acceptors (Lipinski definition) is 5. The van der Waals surface area contributed by atoms with Crippen molar-refractivity contribution in [3.63, 3.8) is 0 Å². The number of aliphatic hydroxyl groups is 2. The molecule has 3 fully saturated rings. The monoisotopic (exact) mass is 358 g/mol. The van der Waals surface area contributed by atoms with Gasteiger partial charge in [0.05, 0.1) is 23.3 Å². The first-order chi connectivity index (χ1) is 12.0. The minimum absolute atomic E-state index is 0.0553. The van der Waals surface area contributed by atoms with Gasteiger partial charge in [0.1, 0.15) is 23.1 Å². The van der Waals surface area contributed by atoms with Gasteiger partial charge in [0, 0.05) is 42.0 Å². The summed E-state index contributed by atoms with van der Waals surface area (Å²) >= 11 is 1.53. The molecule has 0 radical (unpaired) electrons. The summed E-state index contributed by atoms with van der Waals surface area (Å²) in [7, 11) is 0. The average molecular weight is 358 g/mol. The molecule has 3 bridgehead atoms. The Hall–Kier alpha value is -1.28. The van der Waals surface area contributed by atoms with Crippen LogP contribution in [0.1, 0.15) is 46.9 Å². The normalized spacial score (nSPS) is 50.8. The Morgan fingerprint density at radius 1 is 1.32 bits per heavy atom. The lowest BCUT2D eigenvalue weighted by Gasteiger charge is -2.60. The molecular weight excluding hydrogens is 338 g/mol. The van der Waals surface area contributed by atoms with Crippen molar-refractivity contribution in [3.05, 3.63) is 34.3 Å². The molecule has 25 heavy (non-hydrogen) atoms. The summed E-state index contributed by atoms with van der Waals surface area (Å²) < 4.78 is 0. The van der Waals surface area contributed by atoms with Crippen LogP contribution in [-0.2, 0) is 6.42 Å². The molecule has 4 aliphatic heterocycles. The van der Waals surface area contributed by atoms with Crippen molar-refractivity contribution < 1.29 is 19.9 Å². The number of allylic oxidation sites excluding steroid dienone is 1. The van der Waals surface area contributed by atoms with E-state index in [-0.39, 0.29) is 28.7 Å². The van der Waals surface area contributed by atoms with E-state index < -0.39 is 11.0 Å². The molecule has 1 aromatic rings. The van der Waals surface area contributed by atoms with Crippen molar-refractivity contribution in [2.75, 3.05) is 6.54 Å². The molecule has 1 saturated carbocycles. The van der Waals surface area contributed by atoms with E-state index in [0.29, 0.717) is 6.42 Å². The molecule has 0 amide bonds. The number of carbonyl (C=O) groups is 1. The number of carbonyl (C=O) groups excluding carboxylic acids is 1. The summed E-state index contributed by atoms with van der Waals surface area (Å²) in [5.41, 5.74) is 4.63. The van der Waals surface area contributed by atoms with Crippen molar-refractivity contribution >= 4 is 17.5 Å². The Morgan fingerprint density at radius 2 is 2.20 bits per heavy atom. The number of fused-ring (bicyclic) bond motifs is 3. The van der Waals surface area contributed by atoms with Crippen molar-refractivity contribution in [2.24, 2.45) is 5.41 Å². The number of thioether (sulfide) groups is 1. The number of hydrogen-bond donors (Lipinski definition) is 5. The molecular formula is C18H20N3O3S+. The fourth-order valence-electron chi connectivity index (χ4n) is 6.93. The first-order valence-corrected chi connectivity index (χ1v) is 10.1. The van der Waals surface area contributed by atoms with Crippen LogP contribution in [-0.4, -0.2) is 50.0 Å². The molecule has 130 valence electrons. The maximum Gasteiger partial charge on any atom is 0.225 e. The minimum atomic E-state index is -0.963. The van der Waals surface area contributed by atoms with Crippen LogP contribution in [0.4, 0.5) is 0 Å². The van der Waals surface area contributed by atoms with Gasteiger partial charge in [0.15, 0.2) is 0 Å². The number of quaternary nitrogens is 1. The molecule has 7 rings (SSSR count). The predicted octanol–water partition coefficient (Wildman–Crippen LogP) is -0.775. The third kappa shape index (κ3) is 1.27. The largest absolute Gasteiger partial charge is 0.387 e. The van der Waals surface area contributed by atoms with Gasteiger partial charge < -0.3 is 25.4 Å². The van der Waals surface area contributed by atoms with Gasteiger partial charge in [-0.1, -0.05) is 0 Å². The van der Waals surface area contributed by atoms with E-state index in [1.807, 2.05) is 6.20 Å². The smallest absolute Gasteiger partial charge is 0.225 e. The van der Waals surface area contributed by atoms with E-state index in [1.165, 1.54) is 22.2 Å². The van der Waals surface area contributed by atoms with Gasteiger partial charge in [0.25, 0.3) is 0 Å². The third-order valence-electron chi connectivity index (χ3n) is 7.80. The molecule has 7 heteroatoms. The highest BCUT2D eigenvalue weighted by Crippen LogP contribution is 2.69. The van der Waals surface area contributed by atoms with E-state index in [2.05, 4.69) is 10.3 Å².